The van der Waals surface area contributed by atoms with E-state index in [-0.39, 0.29) is 0 Å². The van der Waals surface area contributed by atoms with Crippen LogP contribution in [0.3, 0.4) is 0 Å². The lowest BCUT2D eigenvalue weighted by molar-refractivity contribution is 0.358. The number of nitrogens with zero attached hydrogens (tertiary/aromatic N) is 2. The number of imidazole rings is 1. The first-order valence-corrected chi connectivity index (χ1v) is 7.74. The van der Waals surface area contributed by atoms with Gasteiger partial charge in [-0.3, -0.25) is 0 Å². The SMILES string of the molecule is CCCNCC(C)C(C)Cc1nc2ccccc2n1C. The largest absolute Gasteiger partial charge is 0.331 e. The van der Waals surface area contributed by atoms with E-state index in [1.807, 2.05) is 0 Å². The molecule has 0 aliphatic carbocycles. The maximum atomic E-state index is 4.77. The number of benzene rings is 1. The zero-order valence-corrected chi connectivity index (χ0v) is 13.2. The molecule has 2 aromatic rings. The number of aromatic nitrogens is 2. The van der Waals surface area contributed by atoms with E-state index in [4.69, 9.17) is 4.98 Å². The van der Waals surface area contributed by atoms with Gasteiger partial charge < -0.3 is 9.88 Å². The Morgan fingerprint density at radius 2 is 1.95 bits per heavy atom. The molecule has 20 heavy (non-hydrogen) atoms. The molecule has 0 saturated carbocycles. The lowest BCUT2D eigenvalue weighted by atomic mass is 9.92. The molecule has 0 amide bonds. The van der Waals surface area contributed by atoms with Gasteiger partial charge in [0.1, 0.15) is 5.82 Å². The number of hydrogen-bond donors (Lipinski definition) is 1. The molecule has 0 bridgehead atoms. The van der Waals surface area contributed by atoms with Gasteiger partial charge in [0.15, 0.2) is 0 Å². The zero-order chi connectivity index (χ0) is 14.5. The third kappa shape index (κ3) is 3.40. The Labute approximate surface area is 122 Å². The predicted molar refractivity (Wildman–Crippen MR) is 85.9 cm³/mol. The van der Waals surface area contributed by atoms with Crippen LogP contribution >= 0.6 is 0 Å². The molecule has 1 aromatic heterocycles. The van der Waals surface area contributed by atoms with Gasteiger partial charge in [-0.15, -0.1) is 0 Å². The van der Waals surface area contributed by atoms with Crippen LogP contribution < -0.4 is 5.32 Å². The van der Waals surface area contributed by atoms with Crippen LogP contribution in [-0.4, -0.2) is 22.6 Å². The van der Waals surface area contributed by atoms with Crippen LogP contribution in [-0.2, 0) is 13.5 Å². The molecule has 0 aliphatic rings. The van der Waals surface area contributed by atoms with Gasteiger partial charge in [-0.2, -0.15) is 0 Å². The minimum absolute atomic E-state index is 0.634. The fourth-order valence-corrected chi connectivity index (χ4v) is 2.57. The van der Waals surface area contributed by atoms with Crippen molar-refractivity contribution in [2.24, 2.45) is 18.9 Å². The Kier molecular flexibility index (Phi) is 5.18. The van der Waals surface area contributed by atoms with Gasteiger partial charge in [0.05, 0.1) is 11.0 Å². The first-order valence-electron chi connectivity index (χ1n) is 7.74. The highest BCUT2D eigenvalue weighted by atomic mass is 15.1. The summed E-state index contributed by atoms with van der Waals surface area (Å²) in [4.78, 5) is 4.77. The second-order valence-corrected chi connectivity index (χ2v) is 5.94. The van der Waals surface area contributed by atoms with Crippen molar-refractivity contribution in [3.8, 4) is 0 Å². The fourth-order valence-electron chi connectivity index (χ4n) is 2.57. The highest BCUT2D eigenvalue weighted by Gasteiger charge is 2.16. The molecule has 0 saturated heterocycles. The Morgan fingerprint density at radius 3 is 2.65 bits per heavy atom. The van der Waals surface area contributed by atoms with Crippen molar-refractivity contribution >= 4 is 11.0 Å². The number of fused-ring (bicyclic) bond motifs is 1. The minimum Gasteiger partial charge on any atom is -0.331 e. The number of aryl methyl sites for hydroxylation is 1. The molecule has 2 rings (SSSR count). The Hall–Kier alpha value is -1.35. The van der Waals surface area contributed by atoms with E-state index in [0.29, 0.717) is 11.8 Å². The lowest BCUT2D eigenvalue weighted by Crippen LogP contribution is -2.27. The minimum atomic E-state index is 0.634. The van der Waals surface area contributed by atoms with Gasteiger partial charge in [-0.25, -0.2) is 4.98 Å². The summed E-state index contributed by atoms with van der Waals surface area (Å²) in [5.41, 5.74) is 2.33. The number of hydrogen-bond acceptors (Lipinski definition) is 2. The third-order valence-corrected chi connectivity index (χ3v) is 4.25. The van der Waals surface area contributed by atoms with E-state index in [1.165, 1.54) is 17.8 Å². The van der Waals surface area contributed by atoms with Crippen molar-refractivity contribution in [1.82, 2.24) is 14.9 Å². The fraction of sp³-hybridized carbons (Fsp3) is 0.588. The van der Waals surface area contributed by atoms with Crippen molar-refractivity contribution in [3.63, 3.8) is 0 Å². The van der Waals surface area contributed by atoms with E-state index in [1.54, 1.807) is 0 Å². The molecule has 3 nitrogen and oxygen atoms in total. The second-order valence-electron chi connectivity index (χ2n) is 5.94. The van der Waals surface area contributed by atoms with Crippen LogP contribution in [0.1, 0.15) is 33.0 Å². The van der Waals surface area contributed by atoms with E-state index in [2.05, 4.69) is 62.0 Å². The Balaban J connectivity index is 2.02. The summed E-state index contributed by atoms with van der Waals surface area (Å²) < 4.78 is 2.23. The quantitative estimate of drug-likeness (QED) is 0.784. The first-order chi connectivity index (χ1) is 9.63. The molecular formula is C17H27N3. The average Bonchev–Trinajstić information content (AvgIpc) is 2.76. The summed E-state index contributed by atoms with van der Waals surface area (Å²) >= 11 is 0. The van der Waals surface area contributed by atoms with Crippen molar-refractivity contribution < 1.29 is 0 Å². The van der Waals surface area contributed by atoms with E-state index >= 15 is 0 Å². The average molecular weight is 273 g/mol. The van der Waals surface area contributed by atoms with Crippen LogP contribution in [0.5, 0.6) is 0 Å². The second kappa shape index (κ2) is 6.89. The topological polar surface area (TPSA) is 29.9 Å². The van der Waals surface area contributed by atoms with Crippen molar-refractivity contribution in [1.29, 1.82) is 0 Å². The van der Waals surface area contributed by atoms with Crippen molar-refractivity contribution in [2.45, 2.75) is 33.6 Å². The molecule has 1 heterocycles. The molecule has 110 valence electrons. The molecule has 0 fully saturated rings. The highest BCUT2D eigenvalue weighted by Crippen LogP contribution is 2.20. The third-order valence-electron chi connectivity index (χ3n) is 4.25. The first kappa shape index (κ1) is 15.0. The molecule has 0 radical (unpaired) electrons. The Morgan fingerprint density at radius 1 is 1.20 bits per heavy atom. The summed E-state index contributed by atoms with van der Waals surface area (Å²) in [5, 5.41) is 3.52. The predicted octanol–water partition coefficient (Wildman–Crippen LogP) is 3.39. The molecule has 2 unspecified atom stereocenters. The van der Waals surface area contributed by atoms with Crippen LogP contribution in [0, 0.1) is 11.8 Å². The molecule has 1 N–H and O–H groups in total. The zero-order valence-electron chi connectivity index (χ0n) is 13.2. The summed E-state index contributed by atoms with van der Waals surface area (Å²) in [5.74, 6) is 2.50. The van der Waals surface area contributed by atoms with Gasteiger partial charge in [-0.05, 0) is 43.5 Å². The van der Waals surface area contributed by atoms with Crippen LogP contribution in [0.25, 0.3) is 11.0 Å². The summed E-state index contributed by atoms with van der Waals surface area (Å²) in [6, 6.07) is 8.37. The highest BCUT2D eigenvalue weighted by molar-refractivity contribution is 5.75. The normalized spacial score (nSPS) is 14.6. The van der Waals surface area contributed by atoms with Gasteiger partial charge in [-0.1, -0.05) is 32.9 Å². The number of nitrogens with one attached hydrogen (secondary N) is 1. The summed E-state index contributed by atoms with van der Waals surface area (Å²) in [6.45, 7) is 9.08. The number of para-hydroxylation sites is 2. The summed E-state index contributed by atoms with van der Waals surface area (Å²) in [6.07, 6.45) is 2.24. The van der Waals surface area contributed by atoms with Gasteiger partial charge >= 0.3 is 0 Å². The van der Waals surface area contributed by atoms with E-state index in [0.717, 1.165) is 25.0 Å². The van der Waals surface area contributed by atoms with Crippen molar-refractivity contribution in [3.05, 3.63) is 30.1 Å². The van der Waals surface area contributed by atoms with Crippen molar-refractivity contribution in [2.75, 3.05) is 13.1 Å². The summed E-state index contributed by atoms with van der Waals surface area (Å²) in [7, 11) is 2.12. The van der Waals surface area contributed by atoms with Crippen LogP contribution in [0.15, 0.2) is 24.3 Å². The molecule has 0 aliphatic heterocycles. The van der Waals surface area contributed by atoms with E-state index < -0.39 is 0 Å². The van der Waals surface area contributed by atoms with Crippen LogP contribution in [0.4, 0.5) is 0 Å². The molecule has 2 atom stereocenters. The molecule has 1 aromatic carbocycles. The lowest BCUT2D eigenvalue weighted by Gasteiger charge is -2.20. The van der Waals surface area contributed by atoms with Crippen LogP contribution in [0.2, 0.25) is 0 Å². The number of rotatable bonds is 7. The standard InChI is InChI=1S/C17H27N3/c1-5-10-18-12-14(3)13(2)11-17-19-15-8-6-7-9-16(15)20(17)4/h6-9,13-14,18H,5,10-12H2,1-4H3. The van der Waals surface area contributed by atoms with Gasteiger partial charge in [0, 0.05) is 13.5 Å². The Bertz CT molecular complexity index is 544. The maximum Gasteiger partial charge on any atom is 0.109 e. The van der Waals surface area contributed by atoms with Gasteiger partial charge in [0.2, 0.25) is 0 Å². The smallest absolute Gasteiger partial charge is 0.109 e. The van der Waals surface area contributed by atoms with Gasteiger partial charge in [0.25, 0.3) is 0 Å². The monoisotopic (exact) mass is 273 g/mol. The molecular weight excluding hydrogens is 246 g/mol. The maximum absolute atomic E-state index is 4.77. The molecule has 0 spiro atoms. The molecule has 3 heteroatoms. The van der Waals surface area contributed by atoms with E-state index in [9.17, 15) is 0 Å².